The van der Waals surface area contributed by atoms with E-state index in [1.165, 1.54) is 0 Å². The van der Waals surface area contributed by atoms with Gasteiger partial charge in [0.15, 0.2) is 6.29 Å². The number of rotatable bonds is 14. The highest BCUT2D eigenvalue weighted by Gasteiger charge is 2.03. The van der Waals surface area contributed by atoms with Crippen LogP contribution in [0.5, 0.6) is 0 Å². The summed E-state index contributed by atoms with van der Waals surface area (Å²) in [4.78, 5) is 20.3. The van der Waals surface area contributed by atoms with Crippen LogP contribution >= 0.6 is 0 Å². The van der Waals surface area contributed by atoms with Gasteiger partial charge in [-0.3, -0.25) is 14.9 Å². The molecule has 0 aliphatic carbocycles. The lowest BCUT2D eigenvalue weighted by Gasteiger charge is -1.91. The fourth-order valence-electron chi connectivity index (χ4n) is 1.83. The molecule has 139 valence electrons. The first-order chi connectivity index (χ1) is 12.7. The molecule has 0 fully saturated rings. The fourth-order valence-corrected chi connectivity index (χ4v) is 1.83. The lowest BCUT2D eigenvalue weighted by atomic mass is 10.2. The summed E-state index contributed by atoms with van der Waals surface area (Å²) in [6.45, 7) is 1.78. The van der Waals surface area contributed by atoms with Crippen LogP contribution in [0.3, 0.4) is 0 Å². The van der Waals surface area contributed by atoms with Crippen molar-refractivity contribution in [2.24, 2.45) is 0 Å². The Hall–Kier alpha value is -2.75. The lowest BCUT2D eigenvalue weighted by molar-refractivity contribution is -0.427. The van der Waals surface area contributed by atoms with Gasteiger partial charge in [-0.2, -0.15) is 0 Å². The molecule has 1 radical (unpaired) electrons. The van der Waals surface area contributed by atoms with Crippen molar-refractivity contribution in [2.45, 2.75) is 45.4 Å². The molecule has 0 aromatic carbocycles. The van der Waals surface area contributed by atoms with E-state index in [1.807, 2.05) is 79.2 Å². The summed E-state index contributed by atoms with van der Waals surface area (Å²) in [5, 5.41) is 10.6. The molecule has 0 amide bonds. The van der Waals surface area contributed by atoms with Crippen LogP contribution in [0.25, 0.3) is 0 Å². The number of nitro groups is 1. The zero-order chi connectivity index (χ0) is 19.3. The quantitative estimate of drug-likeness (QED) is 0.127. The second-order valence-corrected chi connectivity index (χ2v) is 5.27. The molecule has 0 aromatic heterocycles. The van der Waals surface area contributed by atoms with Crippen LogP contribution in [0.2, 0.25) is 0 Å². The number of hydrogen-bond acceptors (Lipinski definition) is 3. The van der Waals surface area contributed by atoms with E-state index in [4.69, 9.17) is 0 Å². The minimum absolute atomic E-state index is 0.265. The van der Waals surface area contributed by atoms with Crippen molar-refractivity contribution >= 4 is 6.29 Å². The first-order valence-corrected chi connectivity index (χ1v) is 8.85. The van der Waals surface area contributed by atoms with E-state index in [1.54, 1.807) is 13.0 Å². The molecule has 0 saturated carbocycles. The van der Waals surface area contributed by atoms with Crippen LogP contribution in [-0.4, -0.2) is 11.2 Å². The van der Waals surface area contributed by atoms with E-state index in [0.29, 0.717) is 19.3 Å². The summed E-state index contributed by atoms with van der Waals surface area (Å²) >= 11 is 0. The Bertz CT molecular complexity index is 591. The van der Waals surface area contributed by atoms with Gasteiger partial charge in [-0.1, -0.05) is 79.8 Å². The Morgan fingerprint density at radius 1 is 0.846 bits per heavy atom. The molecule has 0 spiro atoms. The first-order valence-electron chi connectivity index (χ1n) is 8.85. The Morgan fingerprint density at radius 2 is 1.38 bits per heavy atom. The van der Waals surface area contributed by atoms with Gasteiger partial charge in [0.25, 0.3) is 0 Å². The molecule has 0 unspecified atom stereocenters. The maximum absolute atomic E-state index is 10.6. The van der Waals surface area contributed by atoms with Gasteiger partial charge in [-0.15, -0.1) is 0 Å². The fraction of sp³-hybridized carbons (Fsp3) is 0.318. The van der Waals surface area contributed by atoms with Crippen molar-refractivity contribution < 1.29 is 9.72 Å². The third-order valence-electron chi connectivity index (χ3n) is 3.20. The van der Waals surface area contributed by atoms with E-state index in [9.17, 15) is 14.9 Å². The second-order valence-electron chi connectivity index (χ2n) is 5.27. The Morgan fingerprint density at radius 3 is 1.92 bits per heavy atom. The number of hydrogen-bond donors (Lipinski definition) is 0. The molecule has 4 heteroatoms. The van der Waals surface area contributed by atoms with Crippen LogP contribution in [0.4, 0.5) is 0 Å². The zero-order valence-electron chi connectivity index (χ0n) is 15.4. The molecule has 0 aromatic rings. The summed E-state index contributed by atoms with van der Waals surface area (Å²) in [6, 6.07) is 0. The Labute approximate surface area is 156 Å². The summed E-state index contributed by atoms with van der Waals surface area (Å²) in [7, 11) is 0. The summed E-state index contributed by atoms with van der Waals surface area (Å²) in [5.74, 6) is 0. The van der Waals surface area contributed by atoms with E-state index in [2.05, 4.69) is 0 Å². The summed E-state index contributed by atoms with van der Waals surface area (Å²) < 4.78 is 0. The Kier molecular flexibility index (Phi) is 16.6. The van der Waals surface area contributed by atoms with Gasteiger partial charge < -0.3 is 0 Å². The highest BCUT2D eigenvalue weighted by molar-refractivity contribution is 5.50. The molecular weight excluding hydrogens is 326 g/mol. The van der Waals surface area contributed by atoms with E-state index < -0.39 is 0 Å². The molecule has 4 nitrogen and oxygen atoms in total. The topological polar surface area (TPSA) is 60.2 Å². The van der Waals surface area contributed by atoms with E-state index in [0.717, 1.165) is 19.3 Å². The molecule has 26 heavy (non-hydrogen) atoms. The molecule has 0 atom stereocenters. The van der Waals surface area contributed by atoms with Gasteiger partial charge in [0.05, 0.1) is 4.92 Å². The van der Waals surface area contributed by atoms with Crippen molar-refractivity contribution in [3.05, 3.63) is 94.8 Å². The Balaban J connectivity index is 3.84. The highest BCUT2D eigenvalue weighted by atomic mass is 16.6. The summed E-state index contributed by atoms with van der Waals surface area (Å²) in [6.07, 6.45) is 31.2. The molecule has 0 aliphatic rings. The SMILES string of the molecule is CC/C(=C\C/C=C\C\C=C/C=C\C=C/C=C\C/C=C\CC[C]=O)[N+](=O)[O-]. The van der Waals surface area contributed by atoms with Crippen LogP contribution in [-0.2, 0) is 4.79 Å². The second kappa shape index (κ2) is 18.6. The molecular formula is C22H28NO3. The summed E-state index contributed by atoms with van der Waals surface area (Å²) in [5.41, 5.74) is 0.265. The molecule has 0 heterocycles. The number of unbranched alkanes of at least 4 members (excludes halogenated alkanes) is 1. The maximum Gasteiger partial charge on any atom is 0.242 e. The van der Waals surface area contributed by atoms with Gasteiger partial charge in [-0.05, 0) is 31.8 Å². The van der Waals surface area contributed by atoms with Crippen LogP contribution in [0.1, 0.15) is 45.4 Å². The van der Waals surface area contributed by atoms with Crippen molar-refractivity contribution in [1.82, 2.24) is 0 Å². The highest BCUT2D eigenvalue weighted by Crippen LogP contribution is 2.03. The minimum Gasteiger partial charge on any atom is -0.291 e. The maximum atomic E-state index is 10.6. The lowest BCUT2D eigenvalue weighted by Crippen LogP contribution is -1.96. The molecule has 0 bridgehead atoms. The van der Waals surface area contributed by atoms with Crippen LogP contribution in [0, 0.1) is 10.1 Å². The minimum atomic E-state index is -0.327. The van der Waals surface area contributed by atoms with Gasteiger partial charge >= 0.3 is 0 Å². The van der Waals surface area contributed by atoms with Gasteiger partial charge in [0.1, 0.15) is 0 Å². The predicted octanol–water partition coefficient (Wildman–Crippen LogP) is 5.95. The van der Waals surface area contributed by atoms with Crippen molar-refractivity contribution in [3.63, 3.8) is 0 Å². The standard InChI is InChI=1S/C22H28NO3/c1-2-22(23(25)26)20-18-16-14-12-10-8-6-4-3-5-7-9-11-13-15-17-19-21-24/h3-10,13-16,20H,2,11-12,17-19H2,1H3/b5-3-,6-4-,9-7-,10-8-,15-13-,16-14-,22-20+. The predicted molar refractivity (Wildman–Crippen MR) is 109 cm³/mol. The van der Waals surface area contributed by atoms with Gasteiger partial charge in [0, 0.05) is 12.8 Å². The van der Waals surface area contributed by atoms with Crippen molar-refractivity contribution in [2.75, 3.05) is 0 Å². The molecule has 0 aliphatic heterocycles. The largest absolute Gasteiger partial charge is 0.291 e. The third kappa shape index (κ3) is 16.1. The zero-order valence-corrected chi connectivity index (χ0v) is 15.4. The number of carbonyl (C=O) groups excluding carboxylic acids is 1. The number of allylic oxidation sites excluding steroid dienone is 14. The smallest absolute Gasteiger partial charge is 0.242 e. The average molecular weight is 354 g/mol. The average Bonchev–Trinajstić information content (AvgIpc) is 2.63. The normalized spacial score (nSPS) is 13.5. The molecule has 0 rings (SSSR count). The third-order valence-corrected chi connectivity index (χ3v) is 3.20. The monoisotopic (exact) mass is 354 g/mol. The first kappa shape index (κ1) is 23.2. The van der Waals surface area contributed by atoms with Gasteiger partial charge in [-0.25, -0.2) is 0 Å². The van der Waals surface area contributed by atoms with E-state index in [-0.39, 0.29) is 10.6 Å². The van der Waals surface area contributed by atoms with Crippen LogP contribution in [0.15, 0.2) is 84.7 Å². The molecule has 0 saturated heterocycles. The van der Waals surface area contributed by atoms with E-state index >= 15 is 0 Å². The van der Waals surface area contributed by atoms with Crippen LogP contribution < -0.4 is 0 Å². The van der Waals surface area contributed by atoms with Crippen molar-refractivity contribution in [1.29, 1.82) is 0 Å². The van der Waals surface area contributed by atoms with Crippen molar-refractivity contribution in [3.8, 4) is 0 Å². The molecule has 0 N–H and O–H groups in total. The van der Waals surface area contributed by atoms with Gasteiger partial charge in [0.2, 0.25) is 5.70 Å². The number of nitrogens with zero attached hydrogens (tertiary/aromatic N) is 1.